The maximum atomic E-state index is 13.9. The van der Waals surface area contributed by atoms with Gasteiger partial charge in [-0.3, -0.25) is 10.1 Å². The van der Waals surface area contributed by atoms with Gasteiger partial charge in [-0.1, -0.05) is 0 Å². The largest absolute Gasteiger partial charge is 0.372 e. The van der Waals surface area contributed by atoms with Crippen LogP contribution in [0.3, 0.4) is 0 Å². The third-order valence-corrected chi connectivity index (χ3v) is 3.54. The number of anilines is 1. The molecule has 19 heavy (non-hydrogen) atoms. The summed E-state index contributed by atoms with van der Waals surface area (Å²) < 4.78 is 13.9. The quantitative estimate of drug-likeness (QED) is 0.671. The van der Waals surface area contributed by atoms with Gasteiger partial charge in [-0.2, -0.15) is 0 Å². The SMILES string of the molecule is CN(CC1CCNCC1)c1ccc([N+](=O)[O-])cc1F. The highest BCUT2D eigenvalue weighted by atomic mass is 19.1. The van der Waals surface area contributed by atoms with E-state index in [4.69, 9.17) is 0 Å². The zero-order valence-corrected chi connectivity index (χ0v) is 10.9. The van der Waals surface area contributed by atoms with Crippen molar-refractivity contribution in [3.05, 3.63) is 34.1 Å². The van der Waals surface area contributed by atoms with Crippen LogP contribution in [0.2, 0.25) is 0 Å². The molecule has 0 aromatic heterocycles. The summed E-state index contributed by atoms with van der Waals surface area (Å²) in [5.74, 6) is 0.00600. The molecule has 6 heteroatoms. The molecule has 1 saturated heterocycles. The number of nitro benzene ring substituents is 1. The van der Waals surface area contributed by atoms with E-state index in [0.29, 0.717) is 11.6 Å². The first-order valence-corrected chi connectivity index (χ1v) is 6.43. The van der Waals surface area contributed by atoms with Crippen molar-refractivity contribution in [2.24, 2.45) is 5.92 Å². The molecule has 0 saturated carbocycles. The van der Waals surface area contributed by atoms with Crippen LogP contribution in [0.5, 0.6) is 0 Å². The van der Waals surface area contributed by atoms with E-state index >= 15 is 0 Å². The fraction of sp³-hybridized carbons (Fsp3) is 0.538. The smallest absolute Gasteiger partial charge is 0.272 e. The van der Waals surface area contributed by atoms with Crippen molar-refractivity contribution in [2.45, 2.75) is 12.8 Å². The summed E-state index contributed by atoms with van der Waals surface area (Å²) in [5.41, 5.74) is 0.209. The molecular weight excluding hydrogens is 249 g/mol. The summed E-state index contributed by atoms with van der Waals surface area (Å²) in [7, 11) is 1.83. The molecule has 1 aromatic rings. The molecule has 104 valence electrons. The van der Waals surface area contributed by atoms with Crippen LogP contribution in [0.25, 0.3) is 0 Å². The summed E-state index contributed by atoms with van der Waals surface area (Å²) in [6.07, 6.45) is 2.16. The first kappa shape index (κ1) is 13.7. The first-order chi connectivity index (χ1) is 9.08. The number of non-ortho nitro benzene ring substituents is 1. The lowest BCUT2D eigenvalue weighted by Crippen LogP contribution is -2.34. The van der Waals surface area contributed by atoms with Gasteiger partial charge in [0.25, 0.3) is 5.69 Å². The number of rotatable bonds is 4. The summed E-state index contributed by atoms with van der Waals surface area (Å²) in [6.45, 7) is 2.78. The lowest BCUT2D eigenvalue weighted by atomic mass is 9.97. The van der Waals surface area contributed by atoms with Crippen LogP contribution < -0.4 is 10.2 Å². The normalized spacial score (nSPS) is 16.3. The second-order valence-electron chi connectivity index (χ2n) is 4.97. The predicted molar refractivity (Wildman–Crippen MR) is 71.9 cm³/mol. The van der Waals surface area contributed by atoms with Crippen molar-refractivity contribution in [1.82, 2.24) is 5.32 Å². The second-order valence-corrected chi connectivity index (χ2v) is 4.97. The Bertz CT molecular complexity index is 461. The molecule has 1 aliphatic heterocycles. The molecule has 0 atom stereocenters. The number of halogens is 1. The van der Waals surface area contributed by atoms with Crippen LogP contribution in [-0.4, -0.2) is 31.6 Å². The highest BCUT2D eigenvalue weighted by Crippen LogP contribution is 2.25. The van der Waals surface area contributed by atoms with Crippen LogP contribution in [0.4, 0.5) is 15.8 Å². The van der Waals surface area contributed by atoms with Gasteiger partial charge < -0.3 is 10.2 Å². The van der Waals surface area contributed by atoms with Gasteiger partial charge in [0.2, 0.25) is 0 Å². The topological polar surface area (TPSA) is 58.4 Å². The van der Waals surface area contributed by atoms with Crippen LogP contribution in [-0.2, 0) is 0 Å². The molecular formula is C13H18FN3O2. The molecule has 0 aliphatic carbocycles. The van der Waals surface area contributed by atoms with Crippen molar-refractivity contribution >= 4 is 11.4 Å². The predicted octanol–water partition coefficient (Wildman–Crippen LogP) is 2.17. The number of hydrogen-bond acceptors (Lipinski definition) is 4. The zero-order valence-electron chi connectivity index (χ0n) is 10.9. The van der Waals surface area contributed by atoms with Crippen molar-refractivity contribution in [2.75, 3.05) is 31.6 Å². The highest BCUT2D eigenvalue weighted by molar-refractivity contribution is 5.51. The molecule has 0 unspecified atom stereocenters. The van der Waals surface area contributed by atoms with Gasteiger partial charge in [0.05, 0.1) is 16.7 Å². The Morgan fingerprint density at radius 3 is 2.74 bits per heavy atom. The molecule has 5 nitrogen and oxygen atoms in total. The minimum atomic E-state index is -0.584. The minimum absolute atomic E-state index is 0.212. The van der Waals surface area contributed by atoms with E-state index in [1.807, 2.05) is 11.9 Å². The Balaban J connectivity index is 2.05. The van der Waals surface area contributed by atoms with Crippen molar-refractivity contribution in [1.29, 1.82) is 0 Å². The average Bonchev–Trinajstić information content (AvgIpc) is 2.39. The number of piperidine rings is 1. The monoisotopic (exact) mass is 267 g/mol. The minimum Gasteiger partial charge on any atom is -0.372 e. The van der Waals surface area contributed by atoms with Crippen molar-refractivity contribution in [3.63, 3.8) is 0 Å². The van der Waals surface area contributed by atoms with E-state index in [9.17, 15) is 14.5 Å². The molecule has 1 aliphatic rings. The van der Waals surface area contributed by atoms with E-state index in [2.05, 4.69) is 5.32 Å². The van der Waals surface area contributed by atoms with Crippen LogP contribution in [0.15, 0.2) is 18.2 Å². The van der Waals surface area contributed by atoms with E-state index < -0.39 is 10.7 Å². The summed E-state index contributed by atoms with van der Waals surface area (Å²) in [6, 6.07) is 3.81. The molecule has 0 bridgehead atoms. The number of nitro groups is 1. The molecule has 1 aromatic carbocycles. The first-order valence-electron chi connectivity index (χ1n) is 6.43. The average molecular weight is 267 g/mol. The van der Waals surface area contributed by atoms with Gasteiger partial charge in [-0.25, -0.2) is 4.39 Å². The van der Waals surface area contributed by atoms with Crippen molar-refractivity contribution in [3.8, 4) is 0 Å². The molecule has 2 rings (SSSR count). The maximum absolute atomic E-state index is 13.9. The van der Waals surface area contributed by atoms with E-state index in [1.54, 1.807) is 0 Å². The van der Waals surface area contributed by atoms with Crippen LogP contribution in [0, 0.1) is 21.8 Å². The molecule has 1 N–H and O–H groups in total. The summed E-state index contributed by atoms with van der Waals surface area (Å²) in [4.78, 5) is 11.8. The number of nitrogens with zero attached hydrogens (tertiary/aromatic N) is 2. The lowest BCUT2D eigenvalue weighted by Gasteiger charge is -2.28. The van der Waals surface area contributed by atoms with E-state index in [1.165, 1.54) is 12.1 Å². The van der Waals surface area contributed by atoms with Crippen molar-refractivity contribution < 1.29 is 9.31 Å². The van der Waals surface area contributed by atoms with E-state index in [-0.39, 0.29) is 5.69 Å². The Hall–Kier alpha value is -1.69. The van der Waals surface area contributed by atoms with Crippen LogP contribution in [0.1, 0.15) is 12.8 Å². The third kappa shape index (κ3) is 3.41. The fourth-order valence-electron chi connectivity index (χ4n) is 2.47. The number of nitrogens with one attached hydrogen (secondary N) is 1. The van der Waals surface area contributed by atoms with Gasteiger partial charge in [0.15, 0.2) is 5.82 Å². The summed E-state index contributed by atoms with van der Waals surface area (Å²) in [5, 5.41) is 13.9. The lowest BCUT2D eigenvalue weighted by molar-refractivity contribution is -0.385. The van der Waals surface area contributed by atoms with Gasteiger partial charge in [-0.05, 0) is 37.9 Å². The maximum Gasteiger partial charge on any atom is 0.272 e. The highest BCUT2D eigenvalue weighted by Gasteiger charge is 2.18. The van der Waals surface area contributed by atoms with Crippen LogP contribution >= 0.6 is 0 Å². The van der Waals surface area contributed by atoms with Gasteiger partial charge in [0, 0.05) is 19.7 Å². The van der Waals surface area contributed by atoms with Gasteiger partial charge >= 0.3 is 0 Å². The molecule has 0 spiro atoms. The van der Waals surface area contributed by atoms with Gasteiger partial charge in [-0.15, -0.1) is 0 Å². The standard InChI is InChI=1S/C13H18FN3O2/c1-16(9-10-4-6-15-7-5-10)13-3-2-11(17(18)19)8-12(13)14/h2-3,8,10,15H,4-7,9H2,1H3. The summed E-state index contributed by atoms with van der Waals surface area (Å²) >= 11 is 0. The Labute approximate surface area is 111 Å². The molecule has 1 heterocycles. The third-order valence-electron chi connectivity index (χ3n) is 3.54. The zero-order chi connectivity index (χ0) is 13.8. The molecule has 1 fully saturated rings. The van der Waals surface area contributed by atoms with Gasteiger partial charge in [0.1, 0.15) is 0 Å². The Kier molecular flexibility index (Phi) is 4.31. The molecule has 0 radical (unpaired) electrons. The number of benzene rings is 1. The Morgan fingerprint density at radius 2 is 2.16 bits per heavy atom. The fourth-order valence-corrected chi connectivity index (χ4v) is 2.47. The van der Waals surface area contributed by atoms with E-state index in [0.717, 1.165) is 38.5 Å². The number of hydrogen-bond donors (Lipinski definition) is 1. The second kappa shape index (κ2) is 5.97. The molecule has 0 amide bonds. The Morgan fingerprint density at radius 1 is 1.47 bits per heavy atom.